The highest BCUT2D eigenvalue weighted by molar-refractivity contribution is 9.10. The number of nitrogens with one attached hydrogen (secondary N) is 1. The number of hydrogen-bond acceptors (Lipinski definition) is 2. The molecule has 0 bridgehead atoms. The number of rotatable bonds is 5. The number of halogens is 1. The first kappa shape index (κ1) is 16.0. The molecule has 0 spiro atoms. The first-order valence-corrected chi connectivity index (χ1v) is 8.59. The van der Waals surface area contributed by atoms with Crippen molar-refractivity contribution in [3.05, 3.63) is 34.3 Å². The zero-order chi connectivity index (χ0) is 14.6. The van der Waals surface area contributed by atoms with Crippen LogP contribution in [0.5, 0.6) is 0 Å². The van der Waals surface area contributed by atoms with Crippen molar-refractivity contribution < 1.29 is 0 Å². The molecule has 1 aromatic carbocycles. The van der Waals surface area contributed by atoms with Crippen LogP contribution in [0.2, 0.25) is 0 Å². The highest BCUT2D eigenvalue weighted by Gasteiger charge is 2.34. The lowest BCUT2D eigenvalue weighted by molar-refractivity contribution is 0.0724. The highest BCUT2D eigenvalue weighted by Crippen LogP contribution is 2.25. The summed E-state index contributed by atoms with van der Waals surface area (Å²) < 4.78 is 1.23. The third-order valence-corrected chi connectivity index (χ3v) is 5.34. The Balaban J connectivity index is 2.13. The second-order valence-corrected chi connectivity index (χ2v) is 7.09. The number of benzene rings is 1. The predicted molar refractivity (Wildman–Crippen MR) is 89.9 cm³/mol. The monoisotopic (exact) mass is 338 g/mol. The first-order valence-electron chi connectivity index (χ1n) is 7.80. The van der Waals surface area contributed by atoms with Crippen LogP contribution in [-0.2, 0) is 6.54 Å². The fraction of sp³-hybridized carbons (Fsp3) is 0.647. The molecule has 2 rings (SSSR count). The molecule has 20 heavy (non-hydrogen) atoms. The van der Waals surface area contributed by atoms with Crippen LogP contribution in [0.15, 0.2) is 28.7 Å². The van der Waals surface area contributed by atoms with Gasteiger partial charge in [-0.15, -0.1) is 0 Å². The molecule has 1 fully saturated rings. The van der Waals surface area contributed by atoms with E-state index in [1.54, 1.807) is 0 Å². The van der Waals surface area contributed by atoms with E-state index in [1.165, 1.54) is 29.3 Å². The lowest BCUT2D eigenvalue weighted by atomic mass is 9.92. The Hall–Kier alpha value is -0.380. The van der Waals surface area contributed by atoms with Gasteiger partial charge in [0.2, 0.25) is 0 Å². The van der Waals surface area contributed by atoms with Crippen molar-refractivity contribution in [2.75, 3.05) is 13.1 Å². The molecule has 0 aliphatic carbocycles. The van der Waals surface area contributed by atoms with Crippen molar-refractivity contribution in [2.45, 2.75) is 58.2 Å². The quantitative estimate of drug-likeness (QED) is 0.865. The van der Waals surface area contributed by atoms with Crippen molar-refractivity contribution in [3.63, 3.8) is 0 Å². The van der Waals surface area contributed by atoms with Crippen LogP contribution in [0.25, 0.3) is 0 Å². The fourth-order valence-corrected chi connectivity index (χ4v) is 3.42. The van der Waals surface area contributed by atoms with Crippen molar-refractivity contribution >= 4 is 15.9 Å². The summed E-state index contributed by atoms with van der Waals surface area (Å²) in [6.45, 7) is 10.2. The molecule has 112 valence electrons. The Bertz CT molecular complexity index is 435. The molecule has 0 amide bonds. The average Bonchev–Trinajstić information content (AvgIpc) is 2.45. The molecule has 0 saturated carbocycles. The average molecular weight is 339 g/mol. The van der Waals surface area contributed by atoms with Gasteiger partial charge in [-0.05, 0) is 31.4 Å². The maximum Gasteiger partial charge on any atom is 0.0278 e. The zero-order valence-electron chi connectivity index (χ0n) is 13.0. The fourth-order valence-electron chi connectivity index (χ4n) is 3.01. The van der Waals surface area contributed by atoms with Gasteiger partial charge in [0.15, 0.2) is 0 Å². The van der Waals surface area contributed by atoms with E-state index in [4.69, 9.17) is 0 Å². The van der Waals surface area contributed by atoms with E-state index < -0.39 is 0 Å². The van der Waals surface area contributed by atoms with Crippen LogP contribution in [0.1, 0.15) is 45.6 Å². The minimum atomic E-state index is 0.255. The largest absolute Gasteiger partial charge is 0.309 e. The van der Waals surface area contributed by atoms with E-state index >= 15 is 0 Å². The Morgan fingerprint density at radius 3 is 2.75 bits per heavy atom. The van der Waals surface area contributed by atoms with Gasteiger partial charge < -0.3 is 5.32 Å². The number of nitrogens with zero attached hydrogens (tertiary/aromatic N) is 1. The Labute approximate surface area is 132 Å². The van der Waals surface area contributed by atoms with Crippen LogP contribution in [-0.4, -0.2) is 29.6 Å². The predicted octanol–water partition coefficient (Wildman–Crippen LogP) is 4.19. The molecule has 1 N–H and O–H groups in total. The molecule has 2 nitrogen and oxygen atoms in total. The summed E-state index contributed by atoms with van der Waals surface area (Å²) in [5.74, 6) is 0. The third kappa shape index (κ3) is 3.84. The Morgan fingerprint density at radius 2 is 2.10 bits per heavy atom. The maximum absolute atomic E-state index is 3.76. The zero-order valence-corrected chi connectivity index (χ0v) is 14.5. The van der Waals surface area contributed by atoms with Crippen LogP contribution >= 0.6 is 15.9 Å². The number of hydrogen-bond donors (Lipinski definition) is 1. The van der Waals surface area contributed by atoms with Crippen LogP contribution in [0.3, 0.4) is 0 Å². The highest BCUT2D eigenvalue weighted by atomic mass is 79.9. The van der Waals surface area contributed by atoms with Gasteiger partial charge in [-0.25, -0.2) is 0 Å². The molecule has 1 aliphatic heterocycles. The van der Waals surface area contributed by atoms with E-state index in [0.717, 1.165) is 19.6 Å². The topological polar surface area (TPSA) is 15.3 Å². The second kappa shape index (κ2) is 7.06. The molecule has 0 aromatic heterocycles. The Kier molecular flexibility index (Phi) is 5.65. The SMILES string of the molecule is CCCC1CNC(C)(CC)CN1Cc1ccccc1Br. The second-order valence-electron chi connectivity index (χ2n) is 6.23. The standard InChI is InChI=1S/C17H27BrN2/c1-4-8-15-11-19-17(3,5-2)13-20(15)12-14-9-6-7-10-16(14)18/h6-7,9-10,15,19H,4-5,8,11-13H2,1-3H3. The molecule has 2 atom stereocenters. The summed E-state index contributed by atoms with van der Waals surface area (Å²) in [6, 6.07) is 9.26. The van der Waals surface area contributed by atoms with Crippen LogP contribution in [0.4, 0.5) is 0 Å². The van der Waals surface area contributed by atoms with Gasteiger partial charge in [0.1, 0.15) is 0 Å². The molecular formula is C17H27BrN2. The van der Waals surface area contributed by atoms with Gasteiger partial charge in [-0.1, -0.05) is 54.4 Å². The third-order valence-electron chi connectivity index (χ3n) is 4.57. The minimum Gasteiger partial charge on any atom is -0.309 e. The van der Waals surface area contributed by atoms with Gasteiger partial charge in [-0.3, -0.25) is 4.90 Å². The van der Waals surface area contributed by atoms with Crippen molar-refractivity contribution in [2.24, 2.45) is 0 Å². The Morgan fingerprint density at radius 1 is 1.35 bits per heavy atom. The van der Waals surface area contributed by atoms with Crippen molar-refractivity contribution in [3.8, 4) is 0 Å². The normalized spacial score (nSPS) is 27.7. The van der Waals surface area contributed by atoms with E-state index in [2.05, 4.69) is 71.2 Å². The lowest BCUT2D eigenvalue weighted by Gasteiger charge is -2.46. The summed E-state index contributed by atoms with van der Waals surface area (Å²) in [6.07, 6.45) is 3.71. The summed E-state index contributed by atoms with van der Waals surface area (Å²) in [5, 5.41) is 3.76. The van der Waals surface area contributed by atoms with Gasteiger partial charge in [0.05, 0.1) is 0 Å². The molecular weight excluding hydrogens is 312 g/mol. The van der Waals surface area contributed by atoms with E-state index in [-0.39, 0.29) is 5.54 Å². The summed E-state index contributed by atoms with van der Waals surface area (Å²) in [5.41, 5.74) is 1.65. The molecule has 1 heterocycles. The number of piperazine rings is 1. The van der Waals surface area contributed by atoms with Gasteiger partial charge in [-0.2, -0.15) is 0 Å². The van der Waals surface area contributed by atoms with Crippen molar-refractivity contribution in [1.29, 1.82) is 0 Å². The summed E-state index contributed by atoms with van der Waals surface area (Å²) >= 11 is 3.69. The molecule has 1 saturated heterocycles. The molecule has 0 radical (unpaired) electrons. The summed E-state index contributed by atoms with van der Waals surface area (Å²) in [7, 11) is 0. The minimum absolute atomic E-state index is 0.255. The van der Waals surface area contributed by atoms with Crippen LogP contribution < -0.4 is 5.32 Å². The maximum atomic E-state index is 3.76. The van der Waals surface area contributed by atoms with Crippen molar-refractivity contribution in [1.82, 2.24) is 10.2 Å². The molecule has 1 aromatic rings. The van der Waals surface area contributed by atoms with E-state index in [1.807, 2.05) is 0 Å². The molecule has 1 aliphatic rings. The lowest BCUT2D eigenvalue weighted by Crippen LogP contribution is -2.62. The molecule has 2 unspecified atom stereocenters. The van der Waals surface area contributed by atoms with Crippen LogP contribution in [0, 0.1) is 0 Å². The van der Waals surface area contributed by atoms with Gasteiger partial charge in [0, 0.05) is 35.7 Å². The van der Waals surface area contributed by atoms with E-state index in [0.29, 0.717) is 6.04 Å². The van der Waals surface area contributed by atoms with Gasteiger partial charge in [0.25, 0.3) is 0 Å². The molecule has 3 heteroatoms. The summed E-state index contributed by atoms with van der Waals surface area (Å²) in [4.78, 5) is 2.67. The smallest absolute Gasteiger partial charge is 0.0278 e. The van der Waals surface area contributed by atoms with Gasteiger partial charge >= 0.3 is 0 Å². The first-order chi connectivity index (χ1) is 9.58. The van der Waals surface area contributed by atoms with E-state index in [9.17, 15) is 0 Å².